The van der Waals surface area contributed by atoms with Crippen LogP contribution in [0.2, 0.25) is 0 Å². The number of hydrogen-bond acceptors (Lipinski definition) is 3. The lowest BCUT2D eigenvalue weighted by Gasteiger charge is -2.30. The van der Waals surface area contributed by atoms with Crippen LogP contribution in [0, 0.1) is 27.7 Å². The lowest BCUT2D eigenvalue weighted by molar-refractivity contribution is -0.122. The zero-order valence-corrected chi connectivity index (χ0v) is 16.3. The van der Waals surface area contributed by atoms with Gasteiger partial charge in [0.25, 0.3) is 11.8 Å². The van der Waals surface area contributed by atoms with Crippen LogP contribution in [0.4, 0.5) is 5.69 Å². The number of rotatable bonds is 2. The van der Waals surface area contributed by atoms with Crippen LogP contribution in [0.25, 0.3) is 6.08 Å². The van der Waals surface area contributed by atoms with Crippen LogP contribution in [-0.4, -0.2) is 21.5 Å². The standard InChI is InChI=1S/C20H21N3O2S/c1-11-7-6-8-17(13(11)3)23-19(25)16(18(24)21-20(23)26)10-15-9-12(2)22(5)14(15)4/h6-10H,1-5H3,(H,21,24,26)/b16-10+. The van der Waals surface area contributed by atoms with E-state index in [1.807, 2.05) is 63.6 Å². The molecule has 2 aromatic rings. The first-order chi connectivity index (χ1) is 12.2. The number of hydrogen-bond donors (Lipinski definition) is 1. The molecule has 1 fully saturated rings. The lowest BCUT2D eigenvalue weighted by Crippen LogP contribution is -2.54. The van der Waals surface area contributed by atoms with Gasteiger partial charge in [-0.3, -0.25) is 19.8 Å². The van der Waals surface area contributed by atoms with Crippen molar-refractivity contribution in [3.63, 3.8) is 0 Å². The fourth-order valence-corrected chi connectivity index (χ4v) is 3.31. The molecular formula is C20H21N3O2S. The monoisotopic (exact) mass is 367 g/mol. The zero-order valence-electron chi connectivity index (χ0n) is 15.5. The van der Waals surface area contributed by atoms with E-state index in [-0.39, 0.29) is 10.7 Å². The smallest absolute Gasteiger partial charge is 0.270 e. The van der Waals surface area contributed by atoms with Crippen molar-refractivity contribution in [2.24, 2.45) is 7.05 Å². The molecule has 2 amide bonds. The van der Waals surface area contributed by atoms with Crippen LogP contribution in [0.15, 0.2) is 29.8 Å². The molecule has 1 saturated heterocycles. The maximum atomic E-state index is 13.1. The Morgan fingerprint density at radius 3 is 2.42 bits per heavy atom. The van der Waals surface area contributed by atoms with E-state index < -0.39 is 11.8 Å². The highest BCUT2D eigenvalue weighted by Gasteiger charge is 2.35. The van der Waals surface area contributed by atoms with E-state index in [2.05, 4.69) is 5.32 Å². The minimum Gasteiger partial charge on any atom is -0.352 e. The Morgan fingerprint density at radius 1 is 1.12 bits per heavy atom. The quantitative estimate of drug-likeness (QED) is 0.504. The topological polar surface area (TPSA) is 54.3 Å². The minimum atomic E-state index is -0.470. The van der Waals surface area contributed by atoms with Gasteiger partial charge < -0.3 is 4.57 Å². The van der Waals surface area contributed by atoms with Crippen molar-refractivity contribution in [2.45, 2.75) is 27.7 Å². The maximum absolute atomic E-state index is 13.1. The van der Waals surface area contributed by atoms with Gasteiger partial charge in [0.15, 0.2) is 5.11 Å². The summed E-state index contributed by atoms with van der Waals surface area (Å²) in [7, 11) is 1.95. The fourth-order valence-electron chi connectivity index (χ4n) is 3.04. The molecule has 0 radical (unpaired) electrons. The summed E-state index contributed by atoms with van der Waals surface area (Å²) in [4.78, 5) is 26.9. The van der Waals surface area contributed by atoms with E-state index >= 15 is 0 Å². The highest BCUT2D eigenvalue weighted by Crippen LogP contribution is 2.27. The van der Waals surface area contributed by atoms with Gasteiger partial charge in [-0.25, -0.2) is 0 Å². The number of carbonyl (C=O) groups is 2. The van der Waals surface area contributed by atoms with Gasteiger partial charge in [0.2, 0.25) is 0 Å². The first kappa shape index (κ1) is 18.1. The van der Waals surface area contributed by atoms with Gasteiger partial charge in [-0.15, -0.1) is 0 Å². The Balaban J connectivity index is 2.10. The molecule has 3 rings (SSSR count). The second-order valence-electron chi connectivity index (χ2n) is 6.56. The lowest BCUT2D eigenvalue weighted by atomic mass is 10.0. The number of aromatic nitrogens is 1. The molecule has 1 N–H and O–H groups in total. The van der Waals surface area contributed by atoms with Gasteiger partial charge in [0.1, 0.15) is 5.57 Å². The molecule has 0 unspecified atom stereocenters. The summed E-state index contributed by atoms with van der Waals surface area (Å²) in [5, 5.41) is 2.74. The highest BCUT2D eigenvalue weighted by atomic mass is 32.1. The number of benzene rings is 1. The van der Waals surface area contributed by atoms with Gasteiger partial charge >= 0.3 is 0 Å². The van der Waals surface area contributed by atoms with Gasteiger partial charge in [0, 0.05) is 18.4 Å². The van der Waals surface area contributed by atoms with E-state index in [4.69, 9.17) is 12.2 Å². The fraction of sp³-hybridized carbons (Fsp3) is 0.250. The summed E-state index contributed by atoms with van der Waals surface area (Å²) >= 11 is 5.28. The summed E-state index contributed by atoms with van der Waals surface area (Å²) in [5.74, 6) is -0.879. The van der Waals surface area contributed by atoms with Gasteiger partial charge in [-0.2, -0.15) is 0 Å². The molecule has 134 valence electrons. The molecule has 0 bridgehead atoms. The number of aryl methyl sites for hydroxylation is 2. The molecule has 1 aliphatic heterocycles. The Morgan fingerprint density at radius 2 is 1.81 bits per heavy atom. The molecule has 2 heterocycles. The van der Waals surface area contributed by atoms with E-state index in [0.717, 1.165) is 28.1 Å². The second kappa shape index (κ2) is 6.53. The normalized spacial score (nSPS) is 16.4. The minimum absolute atomic E-state index is 0.0770. The predicted octanol–water partition coefficient (Wildman–Crippen LogP) is 3.09. The first-order valence-electron chi connectivity index (χ1n) is 8.33. The third-order valence-electron chi connectivity index (χ3n) is 5.03. The molecule has 0 saturated carbocycles. The molecule has 26 heavy (non-hydrogen) atoms. The Hall–Kier alpha value is -2.73. The van der Waals surface area contributed by atoms with Crippen LogP contribution < -0.4 is 10.2 Å². The molecular weight excluding hydrogens is 346 g/mol. The predicted molar refractivity (Wildman–Crippen MR) is 107 cm³/mol. The van der Waals surface area contributed by atoms with Gasteiger partial charge in [-0.05, 0) is 74.8 Å². The van der Waals surface area contributed by atoms with Crippen LogP contribution in [-0.2, 0) is 16.6 Å². The summed E-state index contributed by atoms with van der Waals surface area (Å²) in [6, 6.07) is 7.64. The van der Waals surface area contributed by atoms with Crippen molar-refractivity contribution in [2.75, 3.05) is 4.90 Å². The Kier molecular flexibility index (Phi) is 4.54. The largest absolute Gasteiger partial charge is 0.352 e. The van der Waals surface area contributed by atoms with E-state index in [1.54, 1.807) is 6.08 Å². The third-order valence-corrected chi connectivity index (χ3v) is 5.32. The van der Waals surface area contributed by atoms with Gasteiger partial charge in [0.05, 0.1) is 5.69 Å². The van der Waals surface area contributed by atoms with Crippen LogP contribution in [0.5, 0.6) is 0 Å². The number of amides is 2. The van der Waals surface area contributed by atoms with Crippen molar-refractivity contribution in [1.29, 1.82) is 0 Å². The molecule has 0 spiro atoms. The maximum Gasteiger partial charge on any atom is 0.270 e. The van der Waals surface area contributed by atoms with Crippen LogP contribution in [0.1, 0.15) is 28.1 Å². The van der Waals surface area contributed by atoms with E-state index in [0.29, 0.717) is 5.69 Å². The number of thiocarbonyl (C=S) groups is 1. The van der Waals surface area contributed by atoms with Crippen molar-refractivity contribution < 1.29 is 9.59 Å². The zero-order chi connectivity index (χ0) is 19.2. The first-order valence-corrected chi connectivity index (χ1v) is 8.73. The molecule has 1 aromatic heterocycles. The molecule has 0 atom stereocenters. The van der Waals surface area contributed by atoms with Crippen LogP contribution >= 0.6 is 12.2 Å². The van der Waals surface area contributed by atoms with Crippen molar-refractivity contribution in [3.8, 4) is 0 Å². The number of nitrogens with one attached hydrogen (secondary N) is 1. The molecule has 1 aromatic carbocycles. The molecule has 6 heteroatoms. The SMILES string of the molecule is Cc1cccc(N2C(=O)/C(=C/c3cc(C)n(C)c3C)C(=O)NC2=S)c1C. The van der Waals surface area contributed by atoms with Crippen molar-refractivity contribution in [3.05, 3.63) is 57.9 Å². The third kappa shape index (κ3) is 2.86. The summed E-state index contributed by atoms with van der Waals surface area (Å²) < 4.78 is 2.02. The summed E-state index contributed by atoms with van der Waals surface area (Å²) in [6.07, 6.45) is 1.64. The number of anilines is 1. The molecule has 1 aliphatic rings. The molecule has 5 nitrogen and oxygen atoms in total. The summed E-state index contributed by atoms with van der Waals surface area (Å²) in [5.41, 5.74) is 5.65. The second-order valence-corrected chi connectivity index (χ2v) is 6.95. The highest BCUT2D eigenvalue weighted by molar-refractivity contribution is 7.80. The van der Waals surface area contributed by atoms with Crippen molar-refractivity contribution in [1.82, 2.24) is 9.88 Å². The van der Waals surface area contributed by atoms with E-state index in [1.165, 1.54) is 4.90 Å². The number of nitrogens with zero attached hydrogens (tertiary/aromatic N) is 2. The molecule has 0 aliphatic carbocycles. The van der Waals surface area contributed by atoms with Crippen LogP contribution in [0.3, 0.4) is 0 Å². The van der Waals surface area contributed by atoms with E-state index in [9.17, 15) is 9.59 Å². The average Bonchev–Trinajstić information content (AvgIpc) is 2.82. The average molecular weight is 367 g/mol. The Labute approximate surface area is 158 Å². The van der Waals surface area contributed by atoms with Crippen molar-refractivity contribution >= 4 is 40.9 Å². The number of carbonyl (C=O) groups excluding carboxylic acids is 2. The Bertz CT molecular complexity index is 985. The van der Waals surface area contributed by atoms with Gasteiger partial charge in [-0.1, -0.05) is 12.1 Å². The summed E-state index contributed by atoms with van der Waals surface area (Å²) in [6.45, 7) is 7.85.